The van der Waals surface area contributed by atoms with Crippen molar-refractivity contribution in [1.82, 2.24) is 25.0 Å². The lowest BCUT2D eigenvalue weighted by molar-refractivity contribution is -0.0139. The average Bonchev–Trinajstić information content (AvgIpc) is 3.32. The lowest BCUT2D eigenvalue weighted by Crippen LogP contribution is -2.47. The summed E-state index contributed by atoms with van der Waals surface area (Å²) in [6.45, 7) is 4.65. The van der Waals surface area contributed by atoms with Gasteiger partial charge >= 0.3 is 6.03 Å². The van der Waals surface area contributed by atoms with E-state index in [0.29, 0.717) is 19.7 Å². The maximum atomic E-state index is 12.6. The van der Waals surface area contributed by atoms with Crippen LogP contribution in [0.5, 0.6) is 0 Å². The number of ether oxygens (including phenoxy) is 1. The van der Waals surface area contributed by atoms with E-state index in [2.05, 4.69) is 26.1 Å². The van der Waals surface area contributed by atoms with Gasteiger partial charge in [0.05, 0.1) is 19.2 Å². The van der Waals surface area contributed by atoms with Crippen molar-refractivity contribution in [3.63, 3.8) is 0 Å². The van der Waals surface area contributed by atoms with Crippen molar-refractivity contribution in [2.45, 2.75) is 38.5 Å². The largest absolute Gasteiger partial charge is 0.369 e. The summed E-state index contributed by atoms with van der Waals surface area (Å²) in [4.78, 5) is 15.6. The van der Waals surface area contributed by atoms with Crippen molar-refractivity contribution in [3.05, 3.63) is 34.0 Å². The highest BCUT2D eigenvalue weighted by atomic mass is 32.1. The van der Waals surface area contributed by atoms with Crippen LogP contribution in [0.25, 0.3) is 0 Å². The zero-order chi connectivity index (χ0) is 16.5. The van der Waals surface area contributed by atoms with Gasteiger partial charge < -0.3 is 19.5 Å². The van der Waals surface area contributed by atoms with Crippen molar-refractivity contribution < 1.29 is 9.53 Å². The van der Waals surface area contributed by atoms with E-state index in [0.717, 1.165) is 35.9 Å². The first-order chi connectivity index (χ1) is 11.7. The molecule has 2 aromatic rings. The highest BCUT2D eigenvalue weighted by Gasteiger charge is 2.28. The summed E-state index contributed by atoms with van der Waals surface area (Å²) in [6, 6.07) is 3.84. The van der Waals surface area contributed by atoms with Crippen LogP contribution in [-0.4, -0.2) is 45.4 Å². The molecule has 0 aliphatic carbocycles. The number of rotatable bonds is 3. The molecule has 2 aliphatic rings. The molecule has 2 aromatic heterocycles. The molecule has 1 saturated heterocycles. The van der Waals surface area contributed by atoms with Crippen LogP contribution in [0.2, 0.25) is 0 Å². The molecule has 0 radical (unpaired) electrons. The average molecular weight is 347 g/mol. The van der Waals surface area contributed by atoms with Gasteiger partial charge in [0, 0.05) is 24.4 Å². The van der Waals surface area contributed by atoms with Crippen molar-refractivity contribution in [3.8, 4) is 0 Å². The molecule has 0 bridgehead atoms. The van der Waals surface area contributed by atoms with Crippen LogP contribution in [0.15, 0.2) is 17.5 Å². The number of fused-ring (bicyclic) bond motifs is 1. The number of amides is 2. The number of aromatic nitrogens is 3. The van der Waals surface area contributed by atoms with Crippen LogP contribution in [0, 0.1) is 0 Å². The van der Waals surface area contributed by atoms with E-state index in [1.165, 1.54) is 0 Å². The lowest BCUT2D eigenvalue weighted by atomic mass is 10.2. The molecule has 128 valence electrons. The zero-order valence-electron chi connectivity index (χ0n) is 13.6. The molecule has 24 heavy (non-hydrogen) atoms. The smallest absolute Gasteiger partial charge is 0.318 e. The second-order valence-electron chi connectivity index (χ2n) is 6.22. The Kier molecular flexibility index (Phi) is 4.24. The molecule has 0 aromatic carbocycles. The maximum Gasteiger partial charge on any atom is 0.318 e. The molecule has 1 N–H and O–H groups in total. The minimum absolute atomic E-state index is 0.0304. The molecule has 2 atom stereocenters. The number of morpholine rings is 1. The SMILES string of the molecule is C[C@H](NC(=O)N1CCO[C@@H](c2cccs2)C1)c1nnc2n1CCC2. The van der Waals surface area contributed by atoms with Gasteiger partial charge in [0.15, 0.2) is 5.82 Å². The normalized spacial score (nSPS) is 21.5. The number of thiophene rings is 1. The first kappa shape index (κ1) is 15.6. The van der Waals surface area contributed by atoms with Gasteiger partial charge in [0.2, 0.25) is 0 Å². The number of carbonyl (C=O) groups is 1. The first-order valence-electron chi connectivity index (χ1n) is 8.35. The molecular formula is C16H21N5O2S. The highest BCUT2D eigenvalue weighted by Crippen LogP contribution is 2.26. The Labute approximate surface area is 144 Å². The van der Waals surface area contributed by atoms with Gasteiger partial charge in [0.25, 0.3) is 0 Å². The number of hydrogen-bond acceptors (Lipinski definition) is 5. The van der Waals surface area contributed by atoms with E-state index in [1.54, 1.807) is 11.3 Å². The van der Waals surface area contributed by atoms with E-state index < -0.39 is 0 Å². The van der Waals surface area contributed by atoms with Crippen LogP contribution < -0.4 is 5.32 Å². The number of nitrogens with one attached hydrogen (secondary N) is 1. The predicted molar refractivity (Wildman–Crippen MR) is 89.9 cm³/mol. The highest BCUT2D eigenvalue weighted by molar-refractivity contribution is 7.10. The third-order valence-electron chi connectivity index (χ3n) is 4.58. The molecule has 4 heterocycles. The zero-order valence-corrected chi connectivity index (χ0v) is 14.5. The Morgan fingerprint density at radius 3 is 3.21 bits per heavy atom. The number of nitrogens with zero attached hydrogens (tertiary/aromatic N) is 4. The lowest BCUT2D eigenvalue weighted by Gasteiger charge is -2.33. The van der Waals surface area contributed by atoms with E-state index in [-0.39, 0.29) is 18.2 Å². The van der Waals surface area contributed by atoms with Crippen LogP contribution in [0.1, 0.15) is 42.0 Å². The first-order valence-corrected chi connectivity index (χ1v) is 9.23. The Morgan fingerprint density at radius 1 is 1.46 bits per heavy atom. The molecule has 0 unspecified atom stereocenters. The summed E-state index contributed by atoms with van der Waals surface area (Å²) in [5, 5.41) is 13.6. The summed E-state index contributed by atoms with van der Waals surface area (Å²) < 4.78 is 7.93. The van der Waals surface area contributed by atoms with Crippen LogP contribution in [-0.2, 0) is 17.7 Å². The quantitative estimate of drug-likeness (QED) is 0.923. The molecular weight excluding hydrogens is 326 g/mol. The molecule has 1 fully saturated rings. The third kappa shape index (κ3) is 2.91. The Balaban J connectivity index is 1.40. The number of aryl methyl sites for hydroxylation is 1. The van der Waals surface area contributed by atoms with Crippen molar-refractivity contribution in [2.24, 2.45) is 0 Å². The van der Waals surface area contributed by atoms with Crippen LogP contribution >= 0.6 is 11.3 Å². The Hall–Kier alpha value is -1.93. The Bertz CT molecular complexity index is 714. The van der Waals surface area contributed by atoms with E-state index in [9.17, 15) is 4.79 Å². The fourth-order valence-corrected chi connectivity index (χ4v) is 4.08. The summed E-state index contributed by atoms with van der Waals surface area (Å²) in [5.74, 6) is 1.87. The summed E-state index contributed by atoms with van der Waals surface area (Å²) in [5.41, 5.74) is 0. The fourth-order valence-electron chi connectivity index (χ4n) is 3.31. The second-order valence-corrected chi connectivity index (χ2v) is 7.20. The van der Waals surface area contributed by atoms with Crippen molar-refractivity contribution in [1.29, 1.82) is 0 Å². The topological polar surface area (TPSA) is 72.3 Å². The van der Waals surface area contributed by atoms with Crippen molar-refractivity contribution >= 4 is 17.4 Å². The molecule has 2 aliphatic heterocycles. The van der Waals surface area contributed by atoms with Gasteiger partial charge in [-0.1, -0.05) is 6.07 Å². The molecule has 0 saturated carbocycles. The minimum Gasteiger partial charge on any atom is -0.369 e. The molecule has 7 nitrogen and oxygen atoms in total. The summed E-state index contributed by atoms with van der Waals surface area (Å²) >= 11 is 1.66. The predicted octanol–water partition coefficient (Wildman–Crippen LogP) is 2.13. The van der Waals surface area contributed by atoms with Gasteiger partial charge in [-0.05, 0) is 24.8 Å². The molecule has 8 heteroatoms. The standard InChI is InChI=1S/C16H21N5O2S/c1-11(15-19-18-14-5-2-6-21(14)15)17-16(22)20-7-8-23-12(10-20)13-4-3-9-24-13/h3-4,9,11-12H,2,5-8,10H2,1H3,(H,17,22)/t11-,12+/m0/s1. The monoisotopic (exact) mass is 347 g/mol. The summed E-state index contributed by atoms with van der Waals surface area (Å²) in [7, 11) is 0. The molecule has 0 spiro atoms. The number of hydrogen-bond donors (Lipinski definition) is 1. The van der Waals surface area contributed by atoms with Gasteiger partial charge in [-0.15, -0.1) is 21.5 Å². The van der Waals surface area contributed by atoms with E-state index in [4.69, 9.17) is 4.74 Å². The number of urea groups is 1. The minimum atomic E-state index is -0.153. The second kappa shape index (κ2) is 6.52. The van der Waals surface area contributed by atoms with Crippen LogP contribution in [0.3, 0.4) is 0 Å². The van der Waals surface area contributed by atoms with E-state index >= 15 is 0 Å². The maximum absolute atomic E-state index is 12.6. The van der Waals surface area contributed by atoms with Gasteiger partial charge in [-0.25, -0.2) is 4.79 Å². The molecule has 2 amide bonds. The Morgan fingerprint density at radius 2 is 2.38 bits per heavy atom. The molecule has 4 rings (SSSR count). The third-order valence-corrected chi connectivity index (χ3v) is 5.54. The van der Waals surface area contributed by atoms with E-state index in [1.807, 2.05) is 23.3 Å². The van der Waals surface area contributed by atoms with Crippen molar-refractivity contribution in [2.75, 3.05) is 19.7 Å². The van der Waals surface area contributed by atoms with Gasteiger partial charge in [0.1, 0.15) is 11.9 Å². The fraction of sp³-hybridized carbons (Fsp3) is 0.562. The van der Waals surface area contributed by atoms with Gasteiger partial charge in [-0.2, -0.15) is 0 Å². The van der Waals surface area contributed by atoms with Crippen LogP contribution in [0.4, 0.5) is 4.79 Å². The summed E-state index contributed by atoms with van der Waals surface area (Å²) in [6.07, 6.45) is 2.04. The van der Waals surface area contributed by atoms with Gasteiger partial charge in [-0.3, -0.25) is 0 Å². The number of carbonyl (C=O) groups excluding carboxylic acids is 1.